The molecule has 1 amide bonds. The summed E-state index contributed by atoms with van der Waals surface area (Å²) in [5.41, 5.74) is 2.04. The maximum Gasteiger partial charge on any atom is 0.227 e. The molecule has 0 bridgehead atoms. The quantitative estimate of drug-likeness (QED) is 0.822. The van der Waals surface area contributed by atoms with Crippen molar-refractivity contribution < 1.29 is 4.79 Å². The molecular weight excluding hydrogens is 212 g/mol. The van der Waals surface area contributed by atoms with Crippen LogP contribution in [-0.4, -0.2) is 13.0 Å². The molecule has 3 nitrogen and oxygen atoms in total. The molecule has 1 unspecified atom stereocenters. The SMILES string of the molecule is CNCc1cccc(NC(=O)C(C)C(C)C)c1. The average Bonchev–Trinajstić information content (AvgIpc) is 2.28. The third-order valence-corrected chi connectivity index (χ3v) is 2.99. The molecule has 0 aliphatic carbocycles. The number of carbonyl (C=O) groups is 1. The van der Waals surface area contributed by atoms with Crippen molar-refractivity contribution in [1.29, 1.82) is 0 Å². The third kappa shape index (κ3) is 4.19. The Labute approximate surface area is 104 Å². The van der Waals surface area contributed by atoms with Gasteiger partial charge in [-0.1, -0.05) is 32.9 Å². The van der Waals surface area contributed by atoms with Gasteiger partial charge in [-0.3, -0.25) is 4.79 Å². The van der Waals surface area contributed by atoms with Crippen LogP contribution in [-0.2, 0) is 11.3 Å². The molecule has 0 saturated carbocycles. The Hall–Kier alpha value is -1.35. The molecule has 2 N–H and O–H groups in total. The fourth-order valence-electron chi connectivity index (χ4n) is 1.52. The fourth-order valence-corrected chi connectivity index (χ4v) is 1.52. The van der Waals surface area contributed by atoms with E-state index in [9.17, 15) is 4.79 Å². The van der Waals surface area contributed by atoms with Crippen molar-refractivity contribution >= 4 is 11.6 Å². The van der Waals surface area contributed by atoms with Crippen molar-refractivity contribution in [3.05, 3.63) is 29.8 Å². The lowest BCUT2D eigenvalue weighted by atomic mass is 9.97. The van der Waals surface area contributed by atoms with E-state index in [0.29, 0.717) is 5.92 Å². The number of hydrogen-bond donors (Lipinski definition) is 2. The lowest BCUT2D eigenvalue weighted by Crippen LogP contribution is -2.24. The summed E-state index contributed by atoms with van der Waals surface area (Å²) in [6.07, 6.45) is 0. The summed E-state index contributed by atoms with van der Waals surface area (Å²) >= 11 is 0. The molecule has 17 heavy (non-hydrogen) atoms. The Bertz CT molecular complexity index is 374. The van der Waals surface area contributed by atoms with Gasteiger partial charge in [0.25, 0.3) is 0 Å². The van der Waals surface area contributed by atoms with Crippen LogP contribution in [0.1, 0.15) is 26.3 Å². The first kappa shape index (κ1) is 13.7. The van der Waals surface area contributed by atoms with E-state index in [1.807, 2.05) is 38.2 Å². The monoisotopic (exact) mass is 234 g/mol. The number of benzene rings is 1. The third-order valence-electron chi connectivity index (χ3n) is 2.99. The largest absolute Gasteiger partial charge is 0.326 e. The molecule has 94 valence electrons. The van der Waals surface area contributed by atoms with Crippen molar-refractivity contribution in [2.45, 2.75) is 27.3 Å². The van der Waals surface area contributed by atoms with Crippen LogP contribution in [0.3, 0.4) is 0 Å². The summed E-state index contributed by atoms with van der Waals surface area (Å²) < 4.78 is 0. The van der Waals surface area contributed by atoms with Gasteiger partial charge in [-0.05, 0) is 30.7 Å². The number of anilines is 1. The molecule has 1 rings (SSSR count). The van der Waals surface area contributed by atoms with Crippen molar-refractivity contribution in [3.63, 3.8) is 0 Å². The highest BCUT2D eigenvalue weighted by molar-refractivity contribution is 5.92. The van der Waals surface area contributed by atoms with Crippen LogP contribution in [0, 0.1) is 11.8 Å². The van der Waals surface area contributed by atoms with Crippen molar-refractivity contribution in [1.82, 2.24) is 5.32 Å². The molecular formula is C14H22N2O. The second-order valence-electron chi connectivity index (χ2n) is 4.75. The molecule has 0 saturated heterocycles. The van der Waals surface area contributed by atoms with Crippen LogP contribution in [0.2, 0.25) is 0 Å². The fraction of sp³-hybridized carbons (Fsp3) is 0.500. The van der Waals surface area contributed by atoms with Crippen LogP contribution in [0.15, 0.2) is 24.3 Å². The van der Waals surface area contributed by atoms with Gasteiger partial charge >= 0.3 is 0 Å². The van der Waals surface area contributed by atoms with Crippen LogP contribution in [0.5, 0.6) is 0 Å². The van der Waals surface area contributed by atoms with Gasteiger partial charge < -0.3 is 10.6 Å². The lowest BCUT2D eigenvalue weighted by molar-refractivity contribution is -0.120. The van der Waals surface area contributed by atoms with E-state index < -0.39 is 0 Å². The number of hydrogen-bond acceptors (Lipinski definition) is 2. The van der Waals surface area contributed by atoms with Crippen molar-refractivity contribution in [2.24, 2.45) is 11.8 Å². The smallest absolute Gasteiger partial charge is 0.227 e. The predicted molar refractivity (Wildman–Crippen MR) is 71.8 cm³/mol. The van der Waals surface area contributed by atoms with Crippen LogP contribution < -0.4 is 10.6 Å². The first-order chi connectivity index (χ1) is 8.04. The molecule has 3 heteroatoms. The number of nitrogens with one attached hydrogen (secondary N) is 2. The topological polar surface area (TPSA) is 41.1 Å². The van der Waals surface area contributed by atoms with Gasteiger partial charge in [0.1, 0.15) is 0 Å². The molecule has 0 aromatic heterocycles. The van der Waals surface area contributed by atoms with E-state index in [1.54, 1.807) is 0 Å². The zero-order valence-electron chi connectivity index (χ0n) is 11.1. The molecule has 0 heterocycles. The molecule has 1 aromatic rings. The van der Waals surface area contributed by atoms with E-state index >= 15 is 0 Å². The van der Waals surface area contributed by atoms with E-state index in [2.05, 4.69) is 24.5 Å². The normalized spacial score (nSPS) is 12.5. The second-order valence-corrected chi connectivity index (χ2v) is 4.75. The molecule has 0 spiro atoms. The van der Waals surface area contributed by atoms with Gasteiger partial charge in [0.05, 0.1) is 0 Å². The molecule has 1 atom stereocenters. The summed E-state index contributed by atoms with van der Waals surface area (Å²) in [5, 5.41) is 6.05. The van der Waals surface area contributed by atoms with Crippen molar-refractivity contribution in [3.8, 4) is 0 Å². The zero-order valence-corrected chi connectivity index (χ0v) is 11.1. The van der Waals surface area contributed by atoms with Gasteiger partial charge in [0.2, 0.25) is 5.91 Å². The van der Waals surface area contributed by atoms with E-state index in [4.69, 9.17) is 0 Å². The summed E-state index contributed by atoms with van der Waals surface area (Å²) in [5.74, 6) is 0.472. The number of amides is 1. The Balaban J connectivity index is 2.68. The van der Waals surface area contributed by atoms with Gasteiger partial charge in [-0.2, -0.15) is 0 Å². The second kappa shape index (κ2) is 6.40. The molecule has 0 radical (unpaired) electrons. The zero-order chi connectivity index (χ0) is 12.8. The standard InChI is InChI=1S/C14H22N2O/c1-10(2)11(3)14(17)16-13-7-5-6-12(8-13)9-15-4/h5-8,10-11,15H,9H2,1-4H3,(H,16,17). The minimum Gasteiger partial charge on any atom is -0.326 e. The Morgan fingerprint density at radius 3 is 2.59 bits per heavy atom. The average molecular weight is 234 g/mol. The van der Waals surface area contributed by atoms with Crippen LogP contribution >= 0.6 is 0 Å². The van der Waals surface area contributed by atoms with E-state index in [1.165, 1.54) is 5.56 Å². The Kier molecular flexibility index (Phi) is 5.16. The highest BCUT2D eigenvalue weighted by atomic mass is 16.1. The molecule has 0 fully saturated rings. The summed E-state index contributed by atoms with van der Waals surface area (Å²) in [4.78, 5) is 11.9. The van der Waals surface area contributed by atoms with Gasteiger partial charge in [-0.25, -0.2) is 0 Å². The van der Waals surface area contributed by atoms with Crippen LogP contribution in [0.4, 0.5) is 5.69 Å². The minimum atomic E-state index is 0.0305. The number of rotatable bonds is 5. The van der Waals surface area contributed by atoms with Gasteiger partial charge in [0, 0.05) is 18.2 Å². The summed E-state index contributed by atoms with van der Waals surface area (Å²) in [6, 6.07) is 7.92. The Morgan fingerprint density at radius 2 is 2.00 bits per heavy atom. The molecule has 0 aliphatic heterocycles. The van der Waals surface area contributed by atoms with Gasteiger partial charge in [-0.15, -0.1) is 0 Å². The predicted octanol–water partition coefficient (Wildman–Crippen LogP) is 2.64. The maximum absolute atomic E-state index is 11.9. The minimum absolute atomic E-state index is 0.0305. The van der Waals surface area contributed by atoms with E-state index in [-0.39, 0.29) is 11.8 Å². The van der Waals surface area contributed by atoms with Gasteiger partial charge in [0.15, 0.2) is 0 Å². The molecule has 1 aromatic carbocycles. The highest BCUT2D eigenvalue weighted by Gasteiger charge is 2.16. The summed E-state index contributed by atoms with van der Waals surface area (Å²) in [6.45, 7) is 6.88. The highest BCUT2D eigenvalue weighted by Crippen LogP contribution is 2.15. The first-order valence-electron chi connectivity index (χ1n) is 6.09. The number of carbonyl (C=O) groups excluding carboxylic acids is 1. The van der Waals surface area contributed by atoms with Crippen molar-refractivity contribution in [2.75, 3.05) is 12.4 Å². The molecule has 0 aliphatic rings. The van der Waals surface area contributed by atoms with Crippen LogP contribution in [0.25, 0.3) is 0 Å². The van der Waals surface area contributed by atoms with E-state index in [0.717, 1.165) is 12.2 Å². The first-order valence-corrected chi connectivity index (χ1v) is 6.09. The Morgan fingerprint density at radius 1 is 1.29 bits per heavy atom. The summed E-state index contributed by atoms with van der Waals surface area (Å²) in [7, 11) is 1.91. The maximum atomic E-state index is 11.9. The lowest BCUT2D eigenvalue weighted by Gasteiger charge is -2.15.